The Labute approximate surface area is 164 Å². The number of nitrogens with zero attached hydrogens (tertiary/aromatic N) is 2. The van der Waals surface area contributed by atoms with Gasteiger partial charge in [0.25, 0.3) is 5.56 Å². The van der Waals surface area contributed by atoms with Gasteiger partial charge in [-0.1, -0.05) is 12.2 Å². The Bertz CT molecular complexity index is 840. The highest BCUT2D eigenvalue weighted by Gasteiger charge is 2.26. The van der Waals surface area contributed by atoms with Crippen molar-refractivity contribution >= 4 is 24.4 Å². The first-order valence-electron chi connectivity index (χ1n) is 8.95. The monoisotopic (exact) mass is 393 g/mol. The van der Waals surface area contributed by atoms with E-state index in [9.17, 15) is 14.7 Å². The van der Waals surface area contributed by atoms with E-state index < -0.39 is 11.2 Å². The van der Waals surface area contributed by atoms with Crippen molar-refractivity contribution in [3.63, 3.8) is 0 Å². The number of likely N-dealkylation sites (tertiary alicyclic amines) is 1. The third-order valence-electron chi connectivity index (χ3n) is 4.24. The Kier molecular flexibility index (Phi) is 6.64. The van der Waals surface area contributed by atoms with Gasteiger partial charge >= 0.3 is 6.09 Å². The Morgan fingerprint density at radius 3 is 2.59 bits per heavy atom. The van der Waals surface area contributed by atoms with Crippen LogP contribution in [0, 0.1) is 10.7 Å². The Hall–Kier alpha value is -2.35. The van der Waals surface area contributed by atoms with Gasteiger partial charge in [0.15, 0.2) is 4.77 Å². The molecular weight excluding hydrogens is 366 g/mol. The zero-order chi connectivity index (χ0) is 20.2. The molecule has 1 aromatic heterocycles. The van der Waals surface area contributed by atoms with Crippen molar-refractivity contribution in [3.05, 3.63) is 39.4 Å². The number of carbonyl (C=O) groups excluding carboxylic acids is 1. The SMILES string of the molecule is C=CCn1c(O)c(C=CC2CCN(C(=O)OC(C)(C)C)CC2)c(=O)[nH]c1=S. The summed E-state index contributed by atoms with van der Waals surface area (Å²) in [5.74, 6) is 0.0320. The number of aromatic hydroxyl groups is 1. The maximum Gasteiger partial charge on any atom is 0.410 e. The standard InChI is InChI=1S/C19H27N3O4S/c1-5-10-22-16(24)14(15(23)20-17(22)27)7-6-13-8-11-21(12-9-13)18(25)26-19(2,3)4/h5-7,13,24H,1,8-12H2,2-4H3,(H,20,23,27). The topological polar surface area (TPSA) is 87.6 Å². The molecule has 7 nitrogen and oxygen atoms in total. The molecule has 2 heterocycles. The minimum Gasteiger partial charge on any atom is -0.494 e. The summed E-state index contributed by atoms with van der Waals surface area (Å²) < 4.78 is 6.95. The number of aromatic amines is 1. The van der Waals surface area contributed by atoms with Crippen molar-refractivity contribution in [1.82, 2.24) is 14.5 Å². The number of ether oxygens (including phenoxy) is 1. The maximum atomic E-state index is 12.1. The first-order chi connectivity index (χ1) is 12.6. The molecule has 0 bridgehead atoms. The lowest BCUT2D eigenvalue weighted by molar-refractivity contribution is 0.0197. The summed E-state index contributed by atoms with van der Waals surface area (Å²) in [5, 5.41) is 10.3. The summed E-state index contributed by atoms with van der Waals surface area (Å²) in [6.45, 7) is 10.6. The summed E-state index contributed by atoms with van der Waals surface area (Å²) in [7, 11) is 0. The van der Waals surface area contributed by atoms with Gasteiger partial charge in [0.2, 0.25) is 5.88 Å². The van der Waals surface area contributed by atoms with E-state index in [0.717, 1.165) is 12.8 Å². The van der Waals surface area contributed by atoms with Gasteiger partial charge in [-0.05, 0) is 57.8 Å². The van der Waals surface area contributed by atoms with Gasteiger partial charge in [-0.15, -0.1) is 6.58 Å². The zero-order valence-corrected chi connectivity index (χ0v) is 16.8. The van der Waals surface area contributed by atoms with E-state index in [0.29, 0.717) is 19.6 Å². The molecule has 1 fully saturated rings. The van der Waals surface area contributed by atoms with Crippen LogP contribution in [0.3, 0.4) is 0 Å². The first-order valence-corrected chi connectivity index (χ1v) is 9.36. The second-order valence-corrected chi connectivity index (χ2v) is 7.95. The molecule has 0 unspecified atom stereocenters. The molecule has 1 saturated heterocycles. The van der Waals surface area contributed by atoms with Gasteiger partial charge in [-0.2, -0.15) is 0 Å². The van der Waals surface area contributed by atoms with Gasteiger partial charge in [-0.3, -0.25) is 14.3 Å². The first kappa shape index (κ1) is 21.0. The van der Waals surface area contributed by atoms with Crippen molar-refractivity contribution in [2.45, 2.75) is 45.8 Å². The lowest BCUT2D eigenvalue weighted by Crippen LogP contribution is -2.41. The molecule has 0 atom stereocenters. The minimum atomic E-state index is -0.510. The number of rotatable bonds is 4. The van der Waals surface area contributed by atoms with Crippen LogP contribution in [0.1, 0.15) is 39.2 Å². The highest BCUT2D eigenvalue weighted by atomic mass is 32.1. The van der Waals surface area contributed by atoms with Crippen molar-refractivity contribution in [1.29, 1.82) is 0 Å². The number of H-pyrrole nitrogens is 1. The van der Waals surface area contributed by atoms with Crippen LogP contribution >= 0.6 is 12.2 Å². The Balaban J connectivity index is 2.06. The smallest absolute Gasteiger partial charge is 0.410 e. The molecule has 0 radical (unpaired) electrons. The van der Waals surface area contributed by atoms with E-state index in [1.807, 2.05) is 26.8 Å². The summed E-state index contributed by atoms with van der Waals surface area (Å²) >= 11 is 5.06. The number of aromatic nitrogens is 2. The average molecular weight is 394 g/mol. The number of hydrogen-bond donors (Lipinski definition) is 2. The second-order valence-electron chi connectivity index (χ2n) is 7.56. The molecule has 1 aromatic rings. The van der Waals surface area contributed by atoms with E-state index in [2.05, 4.69) is 11.6 Å². The van der Waals surface area contributed by atoms with Gasteiger partial charge < -0.3 is 14.7 Å². The highest BCUT2D eigenvalue weighted by Crippen LogP contribution is 2.23. The van der Waals surface area contributed by atoms with Crippen molar-refractivity contribution < 1.29 is 14.6 Å². The Morgan fingerprint density at radius 1 is 1.41 bits per heavy atom. The maximum absolute atomic E-state index is 12.1. The van der Waals surface area contributed by atoms with Crippen LogP contribution in [0.15, 0.2) is 23.5 Å². The molecule has 0 aromatic carbocycles. The lowest BCUT2D eigenvalue weighted by Gasteiger charge is -2.32. The molecule has 0 saturated carbocycles. The number of carbonyl (C=O) groups is 1. The predicted octanol–water partition coefficient (Wildman–Crippen LogP) is 3.46. The number of piperidine rings is 1. The largest absolute Gasteiger partial charge is 0.494 e. The molecule has 0 aliphatic carbocycles. The molecular formula is C19H27N3O4S. The van der Waals surface area contributed by atoms with Crippen molar-refractivity contribution in [2.24, 2.45) is 5.92 Å². The summed E-state index contributed by atoms with van der Waals surface area (Å²) in [6, 6.07) is 0. The van der Waals surface area contributed by atoms with Crippen molar-refractivity contribution in [2.75, 3.05) is 13.1 Å². The quantitative estimate of drug-likeness (QED) is 0.604. The fraction of sp³-hybridized carbons (Fsp3) is 0.526. The lowest BCUT2D eigenvalue weighted by atomic mass is 9.96. The fourth-order valence-electron chi connectivity index (χ4n) is 2.86. The molecule has 2 rings (SSSR count). The van der Waals surface area contributed by atoms with Crippen LogP contribution in [-0.2, 0) is 11.3 Å². The summed E-state index contributed by atoms with van der Waals surface area (Å²) in [4.78, 5) is 28.5. The van der Waals surface area contributed by atoms with E-state index in [4.69, 9.17) is 17.0 Å². The second kappa shape index (κ2) is 8.56. The average Bonchev–Trinajstić information content (AvgIpc) is 2.57. The molecule has 1 aliphatic heterocycles. The van der Waals surface area contributed by atoms with Gasteiger partial charge in [0.05, 0.1) is 5.56 Å². The fourth-order valence-corrected chi connectivity index (χ4v) is 3.11. The highest BCUT2D eigenvalue weighted by molar-refractivity contribution is 7.71. The minimum absolute atomic E-state index is 0.153. The van der Waals surface area contributed by atoms with Gasteiger partial charge in [0, 0.05) is 19.6 Å². The van der Waals surface area contributed by atoms with E-state index in [-0.39, 0.29) is 28.2 Å². The van der Waals surface area contributed by atoms with Gasteiger partial charge in [-0.25, -0.2) is 4.79 Å². The van der Waals surface area contributed by atoms with Crippen LogP contribution in [0.5, 0.6) is 5.88 Å². The van der Waals surface area contributed by atoms with E-state index in [1.165, 1.54) is 4.57 Å². The molecule has 0 spiro atoms. The summed E-state index contributed by atoms with van der Waals surface area (Å²) in [5.41, 5.74) is -0.773. The van der Waals surface area contributed by atoms with Crippen LogP contribution in [0.25, 0.3) is 6.08 Å². The third-order valence-corrected chi connectivity index (χ3v) is 4.57. The third kappa shape index (κ3) is 5.56. The molecule has 1 aliphatic rings. The van der Waals surface area contributed by atoms with Crippen LogP contribution < -0.4 is 5.56 Å². The normalized spacial score (nSPS) is 15.9. The molecule has 2 N–H and O–H groups in total. The van der Waals surface area contributed by atoms with E-state index in [1.54, 1.807) is 17.1 Å². The molecule has 148 valence electrons. The number of hydrogen-bond acceptors (Lipinski definition) is 5. The van der Waals surface area contributed by atoms with Crippen LogP contribution in [-0.4, -0.2) is 44.3 Å². The van der Waals surface area contributed by atoms with Crippen molar-refractivity contribution in [3.8, 4) is 5.88 Å². The number of nitrogens with one attached hydrogen (secondary N) is 1. The van der Waals surface area contributed by atoms with Crippen LogP contribution in [0.2, 0.25) is 0 Å². The predicted molar refractivity (Wildman–Crippen MR) is 107 cm³/mol. The molecule has 8 heteroatoms. The van der Waals surface area contributed by atoms with E-state index >= 15 is 0 Å². The number of amides is 1. The molecule has 27 heavy (non-hydrogen) atoms. The Morgan fingerprint density at radius 2 is 2.04 bits per heavy atom. The van der Waals surface area contributed by atoms with Crippen LogP contribution in [0.4, 0.5) is 4.79 Å². The number of allylic oxidation sites excluding steroid dienone is 2. The molecule has 1 amide bonds. The van der Waals surface area contributed by atoms with Gasteiger partial charge in [0.1, 0.15) is 5.60 Å². The zero-order valence-electron chi connectivity index (χ0n) is 16.0. The summed E-state index contributed by atoms with van der Waals surface area (Å²) in [6.07, 6.45) is 6.34.